The van der Waals surface area contributed by atoms with Gasteiger partial charge in [-0.05, 0) is 24.1 Å². The number of nitriles is 1. The van der Waals surface area contributed by atoms with Crippen molar-refractivity contribution in [2.45, 2.75) is 19.3 Å². The van der Waals surface area contributed by atoms with Gasteiger partial charge in [0.25, 0.3) is 0 Å². The van der Waals surface area contributed by atoms with E-state index in [1.165, 1.54) is 0 Å². The van der Waals surface area contributed by atoms with Crippen LogP contribution in [0.1, 0.15) is 18.4 Å². The highest BCUT2D eigenvalue weighted by atomic mass is 35.5. The number of hydrogen-bond acceptors (Lipinski definition) is 2. The van der Waals surface area contributed by atoms with Gasteiger partial charge in [-0.3, -0.25) is 4.79 Å². The third kappa shape index (κ3) is 4.88. The number of halogens is 1. The van der Waals surface area contributed by atoms with Gasteiger partial charge < -0.3 is 4.90 Å². The number of carbonyl (C=O) groups excluding carboxylic acids is 1. The minimum atomic E-state index is 0.0558. The predicted molar refractivity (Wildman–Crippen MR) is 67.6 cm³/mol. The molecule has 0 bridgehead atoms. The summed E-state index contributed by atoms with van der Waals surface area (Å²) in [6.07, 6.45) is 1.50. The van der Waals surface area contributed by atoms with Gasteiger partial charge in [-0.25, -0.2) is 0 Å². The Bertz CT molecular complexity index is 426. The molecule has 3 nitrogen and oxygen atoms in total. The largest absolute Gasteiger partial charge is 0.345 e. The fourth-order valence-electron chi connectivity index (χ4n) is 1.48. The van der Waals surface area contributed by atoms with E-state index in [-0.39, 0.29) is 5.91 Å². The third-order valence-corrected chi connectivity index (χ3v) is 2.74. The molecule has 0 aromatic heterocycles. The molecule has 0 spiro atoms. The summed E-state index contributed by atoms with van der Waals surface area (Å²) in [6, 6.07) is 9.53. The van der Waals surface area contributed by atoms with Crippen molar-refractivity contribution in [3.63, 3.8) is 0 Å². The van der Waals surface area contributed by atoms with Crippen LogP contribution in [0.5, 0.6) is 0 Å². The summed E-state index contributed by atoms with van der Waals surface area (Å²) in [6.45, 7) is 0.491. The smallest absolute Gasteiger partial charge is 0.222 e. The summed E-state index contributed by atoms with van der Waals surface area (Å²) in [5.41, 5.74) is 1.06. The first-order valence-corrected chi connectivity index (χ1v) is 5.86. The monoisotopic (exact) mass is 250 g/mol. The molecular weight excluding hydrogens is 236 g/mol. The predicted octanol–water partition coefficient (Wildman–Crippen LogP) is 2.64. The summed E-state index contributed by atoms with van der Waals surface area (Å²) in [4.78, 5) is 13.3. The lowest BCUT2D eigenvalue weighted by molar-refractivity contribution is -0.129. The van der Waals surface area contributed by atoms with Crippen LogP contribution >= 0.6 is 11.6 Å². The van der Waals surface area contributed by atoms with Crippen molar-refractivity contribution in [3.8, 4) is 6.07 Å². The second-order valence-corrected chi connectivity index (χ2v) is 4.29. The second kappa shape index (κ2) is 6.93. The molecule has 1 aromatic carbocycles. The molecule has 90 valence electrons. The normalized spacial score (nSPS) is 9.71. The molecule has 0 N–H and O–H groups in total. The van der Waals surface area contributed by atoms with E-state index in [0.717, 1.165) is 5.56 Å². The summed E-state index contributed by atoms with van der Waals surface area (Å²) >= 11 is 5.86. The average Bonchev–Trinajstić information content (AvgIpc) is 2.33. The molecule has 0 aliphatic carbocycles. The number of rotatable bonds is 5. The summed E-state index contributed by atoms with van der Waals surface area (Å²) in [7, 11) is 1.72. The molecule has 0 radical (unpaired) electrons. The Morgan fingerprint density at radius 2 is 2.29 bits per heavy atom. The maximum absolute atomic E-state index is 11.7. The minimum absolute atomic E-state index is 0.0558. The number of amides is 1. The van der Waals surface area contributed by atoms with E-state index in [0.29, 0.717) is 30.8 Å². The highest BCUT2D eigenvalue weighted by molar-refractivity contribution is 6.30. The van der Waals surface area contributed by atoms with Gasteiger partial charge in [0.2, 0.25) is 5.91 Å². The van der Waals surface area contributed by atoms with Crippen LogP contribution in [0.4, 0.5) is 0 Å². The standard InChI is InChI=1S/C13H15ClN2O/c1-16(9-3-8-15)13(17)7-6-11-4-2-5-12(14)10-11/h2,4-5,10H,3,6-7,9H2,1H3. The quantitative estimate of drug-likeness (QED) is 0.806. The number of aryl methyl sites for hydroxylation is 1. The van der Waals surface area contributed by atoms with Gasteiger partial charge >= 0.3 is 0 Å². The Balaban J connectivity index is 2.40. The summed E-state index contributed by atoms with van der Waals surface area (Å²) in [5, 5.41) is 9.12. The van der Waals surface area contributed by atoms with Crippen molar-refractivity contribution < 1.29 is 4.79 Å². The van der Waals surface area contributed by atoms with Gasteiger partial charge in [0.1, 0.15) is 0 Å². The first-order valence-electron chi connectivity index (χ1n) is 5.49. The summed E-state index contributed by atoms with van der Waals surface area (Å²) in [5.74, 6) is 0.0558. The molecular formula is C13H15ClN2O. The molecule has 0 fully saturated rings. The second-order valence-electron chi connectivity index (χ2n) is 3.85. The first kappa shape index (κ1) is 13.5. The van der Waals surface area contributed by atoms with E-state index < -0.39 is 0 Å². The van der Waals surface area contributed by atoms with Crippen molar-refractivity contribution in [2.75, 3.05) is 13.6 Å². The van der Waals surface area contributed by atoms with Crippen LogP contribution in [-0.4, -0.2) is 24.4 Å². The van der Waals surface area contributed by atoms with Gasteiger partial charge in [0.05, 0.1) is 12.5 Å². The van der Waals surface area contributed by atoms with E-state index in [1.54, 1.807) is 11.9 Å². The zero-order valence-corrected chi connectivity index (χ0v) is 10.6. The number of carbonyl (C=O) groups is 1. The van der Waals surface area contributed by atoms with Crippen LogP contribution in [0.25, 0.3) is 0 Å². The molecule has 0 unspecified atom stereocenters. The maximum atomic E-state index is 11.7. The van der Waals surface area contributed by atoms with Crippen LogP contribution in [-0.2, 0) is 11.2 Å². The van der Waals surface area contributed by atoms with Crippen molar-refractivity contribution in [1.29, 1.82) is 5.26 Å². The molecule has 4 heteroatoms. The van der Waals surface area contributed by atoms with E-state index >= 15 is 0 Å². The van der Waals surface area contributed by atoms with Crippen LogP contribution in [0.15, 0.2) is 24.3 Å². The Labute approximate surface area is 107 Å². The van der Waals surface area contributed by atoms with Crippen LogP contribution < -0.4 is 0 Å². The SMILES string of the molecule is CN(CCC#N)C(=O)CCc1cccc(Cl)c1. The summed E-state index contributed by atoms with van der Waals surface area (Å²) < 4.78 is 0. The van der Waals surface area contributed by atoms with E-state index in [1.807, 2.05) is 30.3 Å². The van der Waals surface area contributed by atoms with Gasteiger partial charge in [-0.2, -0.15) is 5.26 Å². The van der Waals surface area contributed by atoms with E-state index in [2.05, 4.69) is 0 Å². The Hall–Kier alpha value is -1.53. The number of hydrogen-bond donors (Lipinski definition) is 0. The fourth-order valence-corrected chi connectivity index (χ4v) is 1.69. The molecule has 0 aliphatic rings. The Kier molecular flexibility index (Phi) is 5.51. The van der Waals surface area contributed by atoms with E-state index in [9.17, 15) is 4.79 Å². The molecule has 0 saturated carbocycles. The minimum Gasteiger partial charge on any atom is -0.345 e. The van der Waals surface area contributed by atoms with Crippen LogP contribution in [0, 0.1) is 11.3 Å². The van der Waals surface area contributed by atoms with Gasteiger partial charge in [-0.15, -0.1) is 0 Å². The van der Waals surface area contributed by atoms with Crippen molar-refractivity contribution in [3.05, 3.63) is 34.9 Å². The average molecular weight is 251 g/mol. The molecule has 0 saturated heterocycles. The van der Waals surface area contributed by atoms with Gasteiger partial charge in [0.15, 0.2) is 0 Å². The Morgan fingerprint density at radius 1 is 1.53 bits per heavy atom. The van der Waals surface area contributed by atoms with Crippen LogP contribution in [0.2, 0.25) is 5.02 Å². The van der Waals surface area contributed by atoms with E-state index in [4.69, 9.17) is 16.9 Å². The molecule has 0 aliphatic heterocycles. The highest BCUT2D eigenvalue weighted by Gasteiger charge is 2.08. The van der Waals surface area contributed by atoms with Gasteiger partial charge in [-0.1, -0.05) is 23.7 Å². The molecule has 17 heavy (non-hydrogen) atoms. The van der Waals surface area contributed by atoms with Crippen LogP contribution in [0.3, 0.4) is 0 Å². The highest BCUT2D eigenvalue weighted by Crippen LogP contribution is 2.12. The molecule has 1 aromatic rings. The lowest BCUT2D eigenvalue weighted by atomic mass is 10.1. The zero-order valence-electron chi connectivity index (χ0n) is 9.82. The Morgan fingerprint density at radius 3 is 2.94 bits per heavy atom. The topological polar surface area (TPSA) is 44.1 Å². The lowest BCUT2D eigenvalue weighted by Gasteiger charge is -2.15. The third-order valence-electron chi connectivity index (χ3n) is 2.50. The lowest BCUT2D eigenvalue weighted by Crippen LogP contribution is -2.27. The van der Waals surface area contributed by atoms with Crippen molar-refractivity contribution in [1.82, 2.24) is 4.90 Å². The zero-order chi connectivity index (χ0) is 12.7. The number of benzene rings is 1. The molecule has 0 atom stereocenters. The molecule has 1 amide bonds. The fraction of sp³-hybridized carbons (Fsp3) is 0.385. The van der Waals surface area contributed by atoms with Crippen molar-refractivity contribution >= 4 is 17.5 Å². The molecule has 0 heterocycles. The molecule has 1 rings (SSSR count). The first-order chi connectivity index (χ1) is 8.13. The van der Waals surface area contributed by atoms with Gasteiger partial charge in [0, 0.05) is 25.0 Å². The maximum Gasteiger partial charge on any atom is 0.222 e. The number of nitrogens with zero attached hydrogens (tertiary/aromatic N) is 2. The van der Waals surface area contributed by atoms with Crippen molar-refractivity contribution in [2.24, 2.45) is 0 Å².